The van der Waals surface area contributed by atoms with Crippen LogP contribution in [0, 0.1) is 10.8 Å². The Hall–Kier alpha value is -0.810. The number of methoxy groups -OCH3 is 2. The molecule has 0 aromatic heterocycles. The van der Waals surface area contributed by atoms with Gasteiger partial charge in [0.2, 0.25) is 0 Å². The Morgan fingerprint density at radius 1 is 1.17 bits per heavy atom. The molecule has 5 heteroatoms. The molecule has 0 saturated heterocycles. The van der Waals surface area contributed by atoms with Crippen molar-refractivity contribution in [1.29, 1.82) is 0 Å². The fourth-order valence-electron chi connectivity index (χ4n) is 3.38. The van der Waals surface area contributed by atoms with Crippen LogP contribution in [0.3, 0.4) is 0 Å². The minimum absolute atomic E-state index is 0.103. The first-order chi connectivity index (χ1) is 10.9. The van der Waals surface area contributed by atoms with Gasteiger partial charge >= 0.3 is 0 Å². The molecule has 0 bridgehead atoms. The van der Waals surface area contributed by atoms with E-state index in [0.717, 1.165) is 32.1 Å². The molecule has 1 saturated carbocycles. The van der Waals surface area contributed by atoms with Gasteiger partial charge in [-0.1, -0.05) is 33.6 Å². The van der Waals surface area contributed by atoms with Gasteiger partial charge in [-0.05, 0) is 30.1 Å². The Balaban J connectivity index is 2.49. The van der Waals surface area contributed by atoms with E-state index in [-0.39, 0.29) is 11.5 Å². The predicted octanol–water partition coefficient (Wildman–Crippen LogP) is 2.81. The summed E-state index contributed by atoms with van der Waals surface area (Å²) >= 11 is 0. The molecular formula is C18H37N3O2. The van der Waals surface area contributed by atoms with Crippen molar-refractivity contribution < 1.29 is 9.47 Å². The minimum atomic E-state index is 0.103. The van der Waals surface area contributed by atoms with Crippen LogP contribution < -0.4 is 10.6 Å². The van der Waals surface area contributed by atoms with Crippen LogP contribution in [0.5, 0.6) is 0 Å². The molecule has 1 fully saturated rings. The molecular weight excluding hydrogens is 290 g/mol. The lowest BCUT2D eigenvalue weighted by atomic mass is 9.83. The number of ether oxygens (including phenoxy) is 2. The maximum Gasteiger partial charge on any atom is 0.191 e. The first-order valence-corrected chi connectivity index (χ1v) is 8.83. The summed E-state index contributed by atoms with van der Waals surface area (Å²) in [5.41, 5.74) is 0.462. The van der Waals surface area contributed by atoms with Gasteiger partial charge in [-0.15, -0.1) is 0 Å². The highest BCUT2D eigenvalue weighted by atomic mass is 16.5. The molecule has 23 heavy (non-hydrogen) atoms. The maximum atomic E-state index is 5.60. The van der Waals surface area contributed by atoms with Gasteiger partial charge in [0.15, 0.2) is 5.96 Å². The van der Waals surface area contributed by atoms with E-state index >= 15 is 0 Å². The van der Waals surface area contributed by atoms with Crippen molar-refractivity contribution in [2.24, 2.45) is 15.8 Å². The normalized spacial score (nSPS) is 19.7. The van der Waals surface area contributed by atoms with Crippen molar-refractivity contribution in [3.8, 4) is 0 Å². The number of rotatable bonds is 8. The fourth-order valence-corrected chi connectivity index (χ4v) is 3.38. The van der Waals surface area contributed by atoms with Crippen molar-refractivity contribution in [3.05, 3.63) is 0 Å². The third-order valence-corrected chi connectivity index (χ3v) is 5.06. The first kappa shape index (κ1) is 20.2. The summed E-state index contributed by atoms with van der Waals surface area (Å²) in [6, 6.07) is 0. The number of aliphatic imine (C=N–C) groups is 1. The van der Waals surface area contributed by atoms with Crippen LogP contribution in [-0.2, 0) is 9.47 Å². The van der Waals surface area contributed by atoms with Crippen molar-refractivity contribution >= 4 is 5.96 Å². The van der Waals surface area contributed by atoms with Crippen LogP contribution in [-0.4, -0.2) is 53.0 Å². The van der Waals surface area contributed by atoms with Crippen LogP contribution >= 0.6 is 0 Å². The largest absolute Gasteiger partial charge is 0.385 e. The van der Waals surface area contributed by atoms with Crippen LogP contribution in [0.25, 0.3) is 0 Å². The number of guanidine groups is 1. The zero-order valence-corrected chi connectivity index (χ0v) is 16.0. The molecule has 1 unspecified atom stereocenters. The molecule has 1 rings (SSSR count). The Kier molecular flexibility index (Phi) is 8.34. The van der Waals surface area contributed by atoms with E-state index in [2.05, 4.69) is 36.4 Å². The lowest BCUT2D eigenvalue weighted by Gasteiger charge is -2.32. The molecule has 0 amide bonds. The molecule has 136 valence electrons. The number of nitrogens with one attached hydrogen (secondary N) is 2. The van der Waals surface area contributed by atoms with Crippen LogP contribution in [0.4, 0.5) is 0 Å². The van der Waals surface area contributed by atoms with Gasteiger partial charge in [0.1, 0.15) is 0 Å². The highest BCUT2D eigenvalue weighted by molar-refractivity contribution is 5.79. The summed E-state index contributed by atoms with van der Waals surface area (Å²) in [5.74, 6) is 0.861. The SMILES string of the molecule is CN=C(NCC(OC)C(C)(C)C)NCC1(CCOC)CCCC1. The molecule has 0 aliphatic heterocycles. The van der Waals surface area contributed by atoms with E-state index in [1.165, 1.54) is 25.7 Å². The van der Waals surface area contributed by atoms with Crippen molar-refractivity contribution in [2.75, 3.05) is 41.0 Å². The van der Waals surface area contributed by atoms with Gasteiger partial charge in [0.25, 0.3) is 0 Å². The van der Waals surface area contributed by atoms with Crippen molar-refractivity contribution in [3.63, 3.8) is 0 Å². The maximum absolute atomic E-state index is 5.60. The average Bonchev–Trinajstić information content (AvgIpc) is 2.97. The van der Waals surface area contributed by atoms with Gasteiger partial charge in [-0.3, -0.25) is 4.99 Å². The third kappa shape index (κ3) is 6.68. The highest BCUT2D eigenvalue weighted by Gasteiger charge is 2.33. The smallest absolute Gasteiger partial charge is 0.191 e. The quantitative estimate of drug-likeness (QED) is 0.532. The Morgan fingerprint density at radius 2 is 1.83 bits per heavy atom. The molecule has 1 aliphatic carbocycles. The van der Waals surface area contributed by atoms with E-state index in [1.54, 1.807) is 14.2 Å². The van der Waals surface area contributed by atoms with Gasteiger partial charge in [0.05, 0.1) is 6.10 Å². The minimum Gasteiger partial charge on any atom is -0.385 e. The Morgan fingerprint density at radius 3 is 2.30 bits per heavy atom. The van der Waals surface area contributed by atoms with E-state index in [4.69, 9.17) is 9.47 Å². The topological polar surface area (TPSA) is 54.9 Å². The average molecular weight is 328 g/mol. The number of hydrogen-bond donors (Lipinski definition) is 2. The van der Waals surface area contributed by atoms with Crippen LogP contribution in [0.2, 0.25) is 0 Å². The van der Waals surface area contributed by atoms with E-state index < -0.39 is 0 Å². The van der Waals surface area contributed by atoms with Gasteiger partial charge in [0, 0.05) is 41.0 Å². The molecule has 0 spiro atoms. The first-order valence-electron chi connectivity index (χ1n) is 8.83. The summed E-state index contributed by atoms with van der Waals surface area (Å²) < 4.78 is 10.9. The lowest BCUT2D eigenvalue weighted by molar-refractivity contribution is 0.0205. The van der Waals surface area contributed by atoms with Crippen molar-refractivity contribution in [2.45, 2.75) is 59.0 Å². The second-order valence-electron chi connectivity index (χ2n) is 7.85. The molecule has 1 aliphatic rings. The molecule has 0 aromatic rings. The molecule has 0 radical (unpaired) electrons. The summed E-state index contributed by atoms with van der Waals surface area (Å²) in [6.07, 6.45) is 6.48. The Labute approximate surface area is 142 Å². The standard InChI is InChI=1S/C18H37N3O2/c1-17(2,3)15(23-6)13-20-16(19-4)21-14-18(11-12-22-5)9-7-8-10-18/h15H,7-14H2,1-6H3,(H2,19,20,21). The molecule has 1 atom stereocenters. The number of hydrogen-bond acceptors (Lipinski definition) is 3. The van der Waals surface area contributed by atoms with E-state index in [0.29, 0.717) is 5.41 Å². The Bertz CT molecular complexity index is 358. The number of nitrogens with zero attached hydrogens (tertiary/aromatic N) is 1. The monoisotopic (exact) mass is 327 g/mol. The van der Waals surface area contributed by atoms with Crippen LogP contribution in [0.15, 0.2) is 4.99 Å². The zero-order valence-electron chi connectivity index (χ0n) is 16.0. The van der Waals surface area contributed by atoms with Crippen LogP contribution in [0.1, 0.15) is 52.9 Å². The van der Waals surface area contributed by atoms with Crippen molar-refractivity contribution in [1.82, 2.24) is 10.6 Å². The molecule has 0 heterocycles. The van der Waals surface area contributed by atoms with Gasteiger partial charge in [-0.2, -0.15) is 0 Å². The van der Waals surface area contributed by atoms with E-state index in [9.17, 15) is 0 Å². The van der Waals surface area contributed by atoms with Gasteiger partial charge in [-0.25, -0.2) is 0 Å². The summed E-state index contributed by atoms with van der Waals surface area (Å²) in [5, 5.41) is 6.93. The zero-order chi connectivity index (χ0) is 17.3. The molecule has 0 aromatic carbocycles. The third-order valence-electron chi connectivity index (χ3n) is 5.06. The summed E-state index contributed by atoms with van der Waals surface area (Å²) in [7, 11) is 5.38. The second kappa shape index (κ2) is 9.48. The second-order valence-corrected chi connectivity index (χ2v) is 7.85. The summed E-state index contributed by atoms with van der Waals surface area (Å²) in [6.45, 7) is 9.13. The summed E-state index contributed by atoms with van der Waals surface area (Å²) in [4.78, 5) is 4.36. The van der Waals surface area contributed by atoms with E-state index in [1.807, 2.05) is 7.05 Å². The van der Waals surface area contributed by atoms with Gasteiger partial charge < -0.3 is 20.1 Å². The fraction of sp³-hybridized carbons (Fsp3) is 0.944. The lowest BCUT2D eigenvalue weighted by Crippen LogP contribution is -2.47. The highest BCUT2D eigenvalue weighted by Crippen LogP contribution is 2.40. The molecule has 2 N–H and O–H groups in total. The predicted molar refractivity (Wildman–Crippen MR) is 97.0 cm³/mol. The molecule has 5 nitrogen and oxygen atoms in total.